The van der Waals surface area contributed by atoms with Crippen LogP contribution in [0.1, 0.15) is 34.1 Å². The van der Waals surface area contributed by atoms with Gasteiger partial charge in [0.15, 0.2) is 10.1 Å². The molecule has 204 valence electrons. The summed E-state index contributed by atoms with van der Waals surface area (Å²) in [5.41, 5.74) is 0.340. The molecule has 3 amide bonds. The molecule has 2 fully saturated rings. The highest BCUT2D eigenvalue weighted by molar-refractivity contribution is 6.66. The van der Waals surface area contributed by atoms with Crippen LogP contribution in [-0.4, -0.2) is 53.6 Å². The Kier molecular flexibility index (Phi) is 7.29. The van der Waals surface area contributed by atoms with E-state index in [2.05, 4.69) is 0 Å². The number of carbonyl (C=O) groups is 4. The van der Waals surface area contributed by atoms with Crippen molar-refractivity contribution in [1.29, 1.82) is 0 Å². The molecule has 0 unspecified atom stereocenters. The van der Waals surface area contributed by atoms with Gasteiger partial charge < -0.3 is 0 Å². The predicted molar refractivity (Wildman–Crippen MR) is 152 cm³/mol. The zero-order valence-corrected chi connectivity index (χ0v) is 25.1. The number of alkyl halides is 4. The van der Waals surface area contributed by atoms with Gasteiger partial charge in [0.2, 0.25) is 0 Å². The van der Waals surface area contributed by atoms with Crippen molar-refractivity contribution in [2.24, 2.45) is 11.8 Å². The van der Waals surface area contributed by atoms with Crippen LogP contribution in [0.25, 0.3) is 0 Å². The zero-order valence-electron chi connectivity index (χ0n) is 19.8. The van der Waals surface area contributed by atoms with Gasteiger partial charge in [-0.05, 0) is 30.7 Å². The monoisotopic (exact) mass is 666 g/mol. The summed E-state index contributed by atoms with van der Waals surface area (Å²) in [7, 11) is 0. The van der Waals surface area contributed by atoms with Gasteiger partial charge >= 0.3 is 0 Å². The van der Waals surface area contributed by atoms with Crippen LogP contribution in [0, 0.1) is 11.8 Å². The van der Waals surface area contributed by atoms with Gasteiger partial charge in [-0.3, -0.25) is 19.2 Å². The maximum Gasteiger partial charge on any atom is 0.273 e. The fourth-order valence-electron chi connectivity index (χ4n) is 5.55. The summed E-state index contributed by atoms with van der Waals surface area (Å²) >= 11 is 45.6. The molecule has 13 heteroatoms. The molecule has 0 aromatic heterocycles. The number of hydrazine groups is 1. The lowest BCUT2D eigenvalue weighted by molar-refractivity contribution is -0.157. The highest BCUT2D eigenvalue weighted by atomic mass is 35.5. The van der Waals surface area contributed by atoms with Gasteiger partial charge in [0.1, 0.15) is 15.8 Å². The number of carbonyl (C=O) groups excluding carboxylic acids is 4. The van der Waals surface area contributed by atoms with Crippen molar-refractivity contribution in [3.8, 4) is 0 Å². The van der Waals surface area contributed by atoms with Crippen LogP contribution in [0.3, 0.4) is 0 Å². The van der Waals surface area contributed by atoms with Crippen LogP contribution >= 0.6 is 81.2 Å². The van der Waals surface area contributed by atoms with E-state index in [1.165, 1.54) is 24.3 Å². The highest BCUT2D eigenvalue weighted by Gasteiger charge is 2.88. The molecule has 0 radical (unpaired) electrons. The van der Waals surface area contributed by atoms with E-state index in [4.69, 9.17) is 81.2 Å². The molecule has 2 aromatic rings. The summed E-state index contributed by atoms with van der Waals surface area (Å²) in [5, 5.41) is 1.27. The molecule has 1 saturated carbocycles. The van der Waals surface area contributed by atoms with E-state index in [-0.39, 0.29) is 27.6 Å². The molecule has 39 heavy (non-hydrogen) atoms. The Morgan fingerprint density at radius 3 is 1.77 bits per heavy atom. The normalized spacial score (nSPS) is 29.6. The number of imide groups is 1. The van der Waals surface area contributed by atoms with E-state index >= 15 is 0 Å². The maximum atomic E-state index is 14.1. The van der Waals surface area contributed by atoms with Crippen LogP contribution in [0.15, 0.2) is 64.7 Å². The van der Waals surface area contributed by atoms with E-state index in [0.29, 0.717) is 10.0 Å². The van der Waals surface area contributed by atoms with Gasteiger partial charge in [-0.25, -0.2) is 5.01 Å². The van der Waals surface area contributed by atoms with E-state index in [1.807, 2.05) is 0 Å². The third-order valence-corrected chi connectivity index (χ3v) is 12.0. The number of fused-ring (bicyclic) bond motifs is 5. The minimum atomic E-state index is -2.14. The molecule has 3 aliphatic rings. The number of hydrogen-bond donors (Lipinski definition) is 0. The largest absolute Gasteiger partial charge is 0.292 e. The molecule has 1 heterocycles. The van der Waals surface area contributed by atoms with Crippen molar-refractivity contribution in [3.05, 3.63) is 80.8 Å². The van der Waals surface area contributed by atoms with Crippen molar-refractivity contribution < 1.29 is 19.2 Å². The smallest absolute Gasteiger partial charge is 0.273 e. The predicted octanol–water partition coefficient (Wildman–Crippen LogP) is 6.81. The van der Waals surface area contributed by atoms with Crippen molar-refractivity contribution in [1.82, 2.24) is 10.0 Å². The van der Waals surface area contributed by atoms with E-state index in [1.54, 1.807) is 37.3 Å². The lowest BCUT2D eigenvalue weighted by Crippen LogP contribution is -2.60. The lowest BCUT2D eigenvalue weighted by Gasteiger charge is -2.39. The molecule has 2 aliphatic carbocycles. The number of benzene rings is 2. The first-order valence-corrected chi connectivity index (χ1v) is 14.3. The molecule has 6 nitrogen and oxygen atoms in total. The fourth-order valence-corrected chi connectivity index (χ4v) is 8.61. The quantitative estimate of drug-likeness (QED) is 0.193. The van der Waals surface area contributed by atoms with Crippen molar-refractivity contribution in [3.63, 3.8) is 0 Å². The van der Waals surface area contributed by atoms with Crippen molar-refractivity contribution in [2.45, 2.75) is 33.5 Å². The third kappa shape index (κ3) is 3.69. The standard InChI is InChI=1S/C26H17Cl7N2O4/c1-2-15(18(36)12-6-4-3-5-7-12)34(21(37)13-8-10-14(27)11-9-13)35-22(38)16-17(23(35)39)25(31)20(29)19(28)24(16,30)26(25,32)33/h3-11,15-17H,2H2,1H3/t15-,16-,17+,24+,25+/m0/s1. The number of hydrogen-bond acceptors (Lipinski definition) is 4. The van der Waals surface area contributed by atoms with Gasteiger partial charge in [-0.15, -0.1) is 23.2 Å². The zero-order chi connectivity index (χ0) is 28.7. The van der Waals surface area contributed by atoms with E-state index in [0.717, 1.165) is 5.01 Å². The summed E-state index contributed by atoms with van der Waals surface area (Å²) in [6.45, 7) is 1.65. The molecule has 0 N–H and O–H groups in total. The molecular formula is C26H17Cl7N2O4. The SMILES string of the molecule is CC[C@@H](C(=O)c1ccccc1)N(C(=O)c1ccc(Cl)cc1)N1C(=O)[C@@H]2[C@H](C1=O)[C@@]1(Cl)C(Cl)=C(Cl)[C@@]2(Cl)C1(Cl)Cl. The number of allylic oxidation sites excluding steroid dienone is 2. The molecule has 1 aliphatic heterocycles. The molecular weight excluding hydrogens is 652 g/mol. The lowest BCUT2D eigenvalue weighted by atomic mass is 9.84. The summed E-state index contributed by atoms with van der Waals surface area (Å²) in [6, 6.07) is 12.7. The summed E-state index contributed by atoms with van der Waals surface area (Å²) in [6.07, 6.45) is 0.0478. The second kappa shape index (κ2) is 9.80. The molecule has 5 atom stereocenters. The molecule has 1 saturated heterocycles. The molecule has 5 rings (SSSR count). The second-order valence-electron chi connectivity index (χ2n) is 9.38. The Hall–Kier alpha value is -1.51. The van der Waals surface area contributed by atoms with Crippen LogP contribution in [0.5, 0.6) is 0 Å². The van der Waals surface area contributed by atoms with Gasteiger partial charge in [-0.2, -0.15) is 5.01 Å². The Labute approximate surface area is 258 Å². The Bertz CT molecular complexity index is 1400. The van der Waals surface area contributed by atoms with Crippen molar-refractivity contribution >= 4 is 105 Å². The van der Waals surface area contributed by atoms with Gasteiger partial charge in [-0.1, -0.05) is 95.3 Å². The van der Waals surface area contributed by atoms with Crippen LogP contribution in [0.2, 0.25) is 5.02 Å². The fraction of sp³-hybridized carbons (Fsp3) is 0.308. The number of amides is 3. The number of nitrogens with zero attached hydrogens (tertiary/aromatic N) is 2. The van der Waals surface area contributed by atoms with Gasteiger partial charge in [0.25, 0.3) is 17.7 Å². The minimum Gasteiger partial charge on any atom is -0.292 e. The Balaban J connectivity index is 1.66. The molecule has 0 spiro atoms. The Morgan fingerprint density at radius 2 is 1.31 bits per heavy atom. The summed E-state index contributed by atoms with van der Waals surface area (Å²) in [4.78, 5) is 51.7. The topological polar surface area (TPSA) is 74.8 Å². The third-order valence-electron chi connectivity index (χ3n) is 7.44. The van der Waals surface area contributed by atoms with E-state index in [9.17, 15) is 19.2 Å². The number of Topliss-reactive ketones (excluding diaryl/α,β-unsaturated/α-hetero) is 1. The second-order valence-corrected chi connectivity index (χ2v) is 13.1. The first kappa shape index (κ1) is 29.0. The Morgan fingerprint density at radius 1 is 0.821 bits per heavy atom. The molecule has 2 aromatic carbocycles. The van der Waals surface area contributed by atoms with Gasteiger partial charge in [0.05, 0.1) is 21.9 Å². The van der Waals surface area contributed by atoms with Crippen LogP contribution < -0.4 is 0 Å². The highest BCUT2D eigenvalue weighted by Crippen LogP contribution is 2.77. The van der Waals surface area contributed by atoms with Crippen molar-refractivity contribution in [2.75, 3.05) is 0 Å². The average molecular weight is 670 g/mol. The first-order chi connectivity index (χ1) is 18.3. The van der Waals surface area contributed by atoms with Crippen LogP contribution in [-0.2, 0) is 9.59 Å². The molecule has 2 bridgehead atoms. The first-order valence-electron chi connectivity index (χ1n) is 11.6. The summed E-state index contributed by atoms with van der Waals surface area (Å²) < 4.78 is -2.14. The van der Waals surface area contributed by atoms with Crippen LogP contribution in [0.4, 0.5) is 0 Å². The number of ketones is 1. The summed E-state index contributed by atoms with van der Waals surface area (Å²) in [5.74, 6) is -6.15. The maximum absolute atomic E-state index is 14.1. The number of rotatable bonds is 6. The minimum absolute atomic E-state index is 0.0478. The average Bonchev–Trinajstić information content (AvgIpc) is 3.30. The van der Waals surface area contributed by atoms with E-state index < -0.39 is 55.5 Å². The number of halogens is 7. The van der Waals surface area contributed by atoms with Gasteiger partial charge in [0, 0.05) is 16.1 Å².